The summed E-state index contributed by atoms with van der Waals surface area (Å²) in [5, 5.41) is 5.02. The molecular formula is C22H25BrN2O. The molecule has 0 spiro atoms. The number of nitrogens with one attached hydrogen (secondary N) is 2. The van der Waals surface area contributed by atoms with E-state index in [-0.39, 0.29) is 11.5 Å². The summed E-state index contributed by atoms with van der Waals surface area (Å²) in [4.78, 5) is 3.66. The van der Waals surface area contributed by atoms with E-state index in [1.807, 2.05) is 0 Å². The molecule has 0 amide bonds. The summed E-state index contributed by atoms with van der Waals surface area (Å²) in [6.45, 7) is 7.67. The Bertz CT molecular complexity index is 968. The second kappa shape index (κ2) is 6.43. The van der Waals surface area contributed by atoms with E-state index in [1.165, 1.54) is 33.3 Å². The van der Waals surface area contributed by atoms with Crippen molar-refractivity contribution in [3.05, 3.63) is 63.3 Å². The van der Waals surface area contributed by atoms with Crippen LogP contribution < -0.4 is 10.1 Å². The van der Waals surface area contributed by atoms with Gasteiger partial charge in [0.15, 0.2) is 0 Å². The molecule has 0 fully saturated rings. The maximum Gasteiger partial charge on any atom is 0.122 e. The largest absolute Gasteiger partial charge is 0.496 e. The molecule has 26 heavy (non-hydrogen) atoms. The molecule has 0 saturated heterocycles. The molecule has 4 heteroatoms. The molecule has 0 bridgehead atoms. The van der Waals surface area contributed by atoms with Crippen molar-refractivity contribution in [1.29, 1.82) is 0 Å². The lowest BCUT2D eigenvalue weighted by Crippen LogP contribution is -2.30. The Morgan fingerprint density at radius 2 is 1.92 bits per heavy atom. The molecule has 3 nitrogen and oxygen atoms in total. The Hall–Kier alpha value is -1.78. The molecule has 2 N–H and O–H groups in total. The van der Waals surface area contributed by atoms with E-state index in [9.17, 15) is 0 Å². The summed E-state index contributed by atoms with van der Waals surface area (Å²) in [5.74, 6) is 0.956. The third kappa shape index (κ3) is 2.95. The quantitative estimate of drug-likeness (QED) is 0.585. The summed E-state index contributed by atoms with van der Waals surface area (Å²) in [5.41, 5.74) is 6.47. The molecule has 4 rings (SSSR count). The van der Waals surface area contributed by atoms with Gasteiger partial charge in [-0.15, -0.1) is 0 Å². The van der Waals surface area contributed by atoms with Gasteiger partial charge in [0, 0.05) is 27.6 Å². The number of hydrogen-bond acceptors (Lipinski definition) is 2. The first-order chi connectivity index (χ1) is 12.4. The van der Waals surface area contributed by atoms with Crippen molar-refractivity contribution in [1.82, 2.24) is 10.3 Å². The van der Waals surface area contributed by atoms with Crippen molar-refractivity contribution < 1.29 is 4.74 Å². The van der Waals surface area contributed by atoms with Crippen LogP contribution in [0.15, 0.2) is 40.9 Å². The van der Waals surface area contributed by atoms with E-state index in [0.29, 0.717) is 0 Å². The lowest BCUT2D eigenvalue weighted by molar-refractivity contribution is 0.397. The van der Waals surface area contributed by atoms with Crippen LogP contribution in [0, 0.1) is 0 Å². The zero-order chi connectivity index (χ0) is 18.5. The van der Waals surface area contributed by atoms with E-state index < -0.39 is 0 Å². The molecule has 1 unspecified atom stereocenters. The Kier molecular flexibility index (Phi) is 4.36. The van der Waals surface area contributed by atoms with Crippen molar-refractivity contribution >= 4 is 26.8 Å². The third-order valence-electron chi connectivity index (χ3n) is 5.28. The van der Waals surface area contributed by atoms with Gasteiger partial charge in [0.05, 0.1) is 13.2 Å². The number of hydrogen-bond donors (Lipinski definition) is 2. The van der Waals surface area contributed by atoms with Gasteiger partial charge in [0.2, 0.25) is 0 Å². The lowest BCUT2D eigenvalue weighted by atomic mass is 9.83. The fourth-order valence-electron chi connectivity index (χ4n) is 3.98. The van der Waals surface area contributed by atoms with Crippen LogP contribution in [0.3, 0.4) is 0 Å². The lowest BCUT2D eigenvalue weighted by Gasteiger charge is -2.28. The summed E-state index contributed by atoms with van der Waals surface area (Å²) in [6.07, 6.45) is 1.05. The average molecular weight is 413 g/mol. The molecule has 1 aliphatic rings. The highest BCUT2D eigenvalue weighted by molar-refractivity contribution is 9.10. The SMILES string of the molecule is COc1ccc(C2NCCc3c2[nH]c2ccc(Br)cc32)cc1C(C)(C)C. The third-order valence-corrected chi connectivity index (χ3v) is 5.77. The van der Waals surface area contributed by atoms with Gasteiger partial charge < -0.3 is 15.0 Å². The van der Waals surface area contributed by atoms with Gasteiger partial charge in [-0.2, -0.15) is 0 Å². The number of ether oxygens (including phenoxy) is 1. The number of H-pyrrole nitrogens is 1. The fourth-order valence-corrected chi connectivity index (χ4v) is 4.34. The maximum atomic E-state index is 5.61. The van der Waals surface area contributed by atoms with E-state index in [0.717, 1.165) is 23.2 Å². The number of aromatic nitrogens is 1. The highest BCUT2D eigenvalue weighted by Crippen LogP contribution is 2.38. The first-order valence-electron chi connectivity index (χ1n) is 9.10. The van der Waals surface area contributed by atoms with Gasteiger partial charge >= 0.3 is 0 Å². The van der Waals surface area contributed by atoms with Crippen molar-refractivity contribution in [3.8, 4) is 5.75 Å². The Morgan fingerprint density at radius 3 is 2.65 bits per heavy atom. The molecule has 1 aromatic heterocycles. The summed E-state index contributed by atoms with van der Waals surface area (Å²) in [7, 11) is 1.75. The fraction of sp³-hybridized carbons (Fsp3) is 0.364. The van der Waals surface area contributed by atoms with Crippen LogP contribution in [0.1, 0.15) is 49.2 Å². The zero-order valence-electron chi connectivity index (χ0n) is 15.7. The Labute approximate surface area is 163 Å². The molecule has 2 aromatic carbocycles. The number of halogens is 1. The molecule has 1 atom stereocenters. The number of methoxy groups -OCH3 is 1. The minimum absolute atomic E-state index is 0.0319. The van der Waals surface area contributed by atoms with Crippen LogP contribution in [-0.2, 0) is 11.8 Å². The molecule has 0 radical (unpaired) electrons. The average Bonchev–Trinajstić information content (AvgIpc) is 2.98. The smallest absolute Gasteiger partial charge is 0.122 e. The minimum atomic E-state index is 0.0319. The first kappa shape index (κ1) is 17.6. The van der Waals surface area contributed by atoms with Crippen molar-refractivity contribution in [2.24, 2.45) is 0 Å². The zero-order valence-corrected chi connectivity index (χ0v) is 17.3. The van der Waals surface area contributed by atoms with Crippen molar-refractivity contribution in [3.63, 3.8) is 0 Å². The van der Waals surface area contributed by atoms with E-state index in [1.54, 1.807) is 7.11 Å². The maximum absolute atomic E-state index is 5.61. The van der Waals surface area contributed by atoms with Gasteiger partial charge in [-0.1, -0.05) is 42.8 Å². The van der Waals surface area contributed by atoms with Gasteiger partial charge in [0.1, 0.15) is 5.75 Å². The second-order valence-electron chi connectivity index (χ2n) is 8.05. The molecule has 2 heterocycles. The van der Waals surface area contributed by atoms with Gasteiger partial charge in [-0.3, -0.25) is 0 Å². The highest BCUT2D eigenvalue weighted by atomic mass is 79.9. The molecule has 136 valence electrons. The second-order valence-corrected chi connectivity index (χ2v) is 8.97. The van der Waals surface area contributed by atoms with E-state index in [4.69, 9.17) is 4.74 Å². The van der Waals surface area contributed by atoms with E-state index >= 15 is 0 Å². The van der Waals surface area contributed by atoms with Gasteiger partial charge in [0.25, 0.3) is 0 Å². The predicted molar refractivity (Wildman–Crippen MR) is 111 cm³/mol. The number of rotatable bonds is 2. The summed E-state index contributed by atoms with van der Waals surface area (Å²) in [6, 6.07) is 13.2. The Balaban J connectivity index is 1.85. The van der Waals surface area contributed by atoms with Crippen LogP contribution >= 0.6 is 15.9 Å². The molecule has 3 aromatic rings. The normalized spacial score (nSPS) is 17.3. The topological polar surface area (TPSA) is 37.0 Å². The van der Waals surface area contributed by atoms with Crippen molar-refractivity contribution in [2.75, 3.05) is 13.7 Å². The number of fused-ring (bicyclic) bond motifs is 3. The first-order valence-corrected chi connectivity index (χ1v) is 9.89. The monoisotopic (exact) mass is 412 g/mol. The molecule has 0 saturated carbocycles. The Morgan fingerprint density at radius 1 is 1.12 bits per heavy atom. The summed E-state index contributed by atoms with van der Waals surface area (Å²) < 4.78 is 6.74. The molecular weight excluding hydrogens is 388 g/mol. The standard InChI is InChI=1S/C22H25BrN2O/c1-22(2,3)17-11-13(5-8-19(17)26-4)20-21-15(9-10-24-20)16-12-14(23)6-7-18(16)25-21/h5-8,11-12,20,24-25H,9-10H2,1-4H3. The number of benzene rings is 2. The van der Waals surface area contributed by atoms with Crippen LogP contribution in [0.5, 0.6) is 5.75 Å². The molecule has 1 aliphatic heterocycles. The van der Waals surface area contributed by atoms with Crippen LogP contribution in [0.2, 0.25) is 0 Å². The molecule has 0 aliphatic carbocycles. The minimum Gasteiger partial charge on any atom is -0.496 e. The van der Waals surface area contributed by atoms with Gasteiger partial charge in [-0.05, 0) is 58.9 Å². The van der Waals surface area contributed by atoms with Gasteiger partial charge in [-0.25, -0.2) is 0 Å². The van der Waals surface area contributed by atoms with Crippen molar-refractivity contribution in [2.45, 2.75) is 38.6 Å². The predicted octanol–water partition coefficient (Wildman–Crippen LogP) is 5.47. The van der Waals surface area contributed by atoms with Crippen LogP contribution in [0.25, 0.3) is 10.9 Å². The summed E-state index contributed by atoms with van der Waals surface area (Å²) >= 11 is 3.61. The van der Waals surface area contributed by atoms with Crippen LogP contribution in [0.4, 0.5) is 0 Å². The highest BCUT2D eigenvalue weighted by Gasteiger charge is 2.27. The van der Waals surface area contributed by atoms with Crippen LogP contribution in [-0.4, -0.2) is 18.6 Å². The number of aromatic amines is 1. The van der Waals surface area contributed by atoms with E-state index in [2.05, 4.69) is 83.4 Å².